The van der Waals surface area contributed by atoms with Gasteiger partial charge in [0.05, 0.1) is 0 Å². The van der Waals surface area contributed by atoms with Crippen LogP contribution in [0.25, 0.3) is 0 Å². The van der Waals surface area contributed by atoms with Gasteiger partial charge in [-0.3, -0.25) is 0 Å². The monoisotopic (exact) mass is 207 g/mol. The minimum absolute atomic E-state index is 0. The number of esters is 1. The third kappa shape index (κ3) is 7.56. The molecule has 0 saturated carbocycles. The van der Waals surface area contributed by atoms with Crippen LogP contribution >= 0.6 is 0 Å². The Kier molecular flexibility index (Phi) is 10.9. The Hall–Kier alpha value is -0.800. The molecule has 3 nitrogen and oxygen atoms in total. The molecule has 0 aliphatic heterocycles. The Bertz CT molecular complexity index is 218. The molecule has 4 N–H and O–H groups in total. The molecule has 0 radical (unpaired) electrons. The quantitative estimate of drug-likeness (QED) is 0.387. The Labute approximate surface area is 85.8 Å². The van der Waals surface area contributed by atoms with E-state index >= 15 is 0 Å². The van der Waals surface area contributed by atoms with Gasteiger partial charge in [0.25, 0.3) is 0 Å². The lowest BCUT2D eigenvalue weighted by Gasteiger charge is -2.04. The number of ether oxygens (including phenoxy) is 1. The fourth-order valence-electron chi connectivity index (χ4n) is 0.328. The number of hydrogen-bond acceptors (Lipinski definition) is 2. The number of allylic oxidation sites excluding steroid dienone is 2. The van der Waals surface area contributed by atoms with Crippen molar-refractivity contribution in [1.29, 1.82) is 0 Å². The summed E-state index contributed by atoms with van der Waals surface area (Å²) in [6, 6.07) is 0. The number of halogens is 1. The number of hydrogen-bond donors (Lipinski definition) is 1. The van der Waals surface area contributed by atoms with Crippen molar-refractivity contribution in [2.24, 2.45) is 0 Å². The van der Waals surface area contributed by atoms with Gasteiger partial charge in [-0.1, -0.05) is 6.58 Å². The second kappa shape index (κ2) is 7.83. The number of quaternary nitrogens is 1. The van der Waals surface area contributed by atoms with Crippen molar-refractivity contribution in [3.63, 3.8) is 0 Å². The maximum atomic E-state index is 10.9. The lowest BCUT2D eigenvalue weighted by Crippen LogP contribution is -3.00. The summed E-state index contributed by atoms with van der Waals surface area (Å²) in [6.45, 7) is 10.6. The van der Waals surface area contributed by atoms with Gasteiger partial charge in [-0.15, -0.1) is 0 Å². The highest BCUT2D eigenvalue weighted by Gasteiger charge is 2.04. The van der Waals surface area contributed by atoms with E-state index in [0.717, 1.165) is 5.57 Å². The predicted molar refractivity (Wildman–Crippen MR) is 50.9 cm³/mol. The molecular weight excluding hydrogens is 190 g/mol. The van der Waals surface area contributed by atoms with Crippen molar-refractivity contribution in [2.75, 3.05) is 0 Å². The van der Waals surface area contributed by atoms with E-state index in [1.54, 1.807) is 13.8 Å². The maximum Gasteiger partial charge on any atom is 0.338 e. The molecule has 4 heteroatoms. The van der Waals surface area contributed by atoms with Gasteiger partial charge in [-0.05, 0) is 33.3 Å². The van der Waals surface area contributed by atoms with Crippen LogP contribution < -0.4 is 18.6 Å². The van der Waals surface area contributed by atoms with Crippen molar-refractivity contribution in [2.45, 2.75) is 27.7 Å². The van der Waals surface area contributed by atoms with Gasteiger partial charge >= 0.3 is 5.97 Å². The first-order valence-electron chi connectivity index (χ1n) is 3.47. The first-order valence-corrected chi connectivity index (χ1v) is 3.47. The van der Waals surface area contributed by atoms with E-state index in [2.05, 4.69) is 6.58 Å². The smallest absolute Gasteiger partial charge is 0.338 e. The zero-order chi connectivity index (χ0) is 9.02. The third-order valence-corrected chi connectivity index (χ3v) is 1.30. The molecule has 0 aliphatic rings. The molecule has 0 saturated heterocycles. The van der Waals surface area contributed by atoms with Gasteiger partial charge in [0.2, 0.25) is 0 Å². The van der Waals surface area contributed by atoms with Gasteiger partial charge in [0.15, 0.2) is 0 Å². The Morgan fingerprint density at radius 3 is 1.77 bits per heavy atom. The van der Waals surface area contributed by atoms with Crippen molar-refractivity contribution < 1.29 is 21.9 Å². The molecule has 0 atom stereocenters. The predicted octanol–water partition coefficient (Wildman–Crippen LogP) is -0.200. The largest absolute Gasteiger partial charge is 1.00 e. The second-order valence-electron chi connectivity index (χ2n) is 2.73. The summed E-state index contributed by atoms with van der Waals surface area (Å²) in [5, 5.41) is 0. The molecule has 0 aromatic carbocycles. The fraction of sp³-hybridized carbons (Fsp3) is 0.444. The average Bonchev–Trinajstić information content (AvgIpc) is 1.87. The lowest BCUT2D eigenvalue weighted by molar-refractivity contribution is -0.134. The van der Waals surface area contributed by atoms with E-state index in [9.17, 15) is 4.79 Å². The highest BCUT2D eigenvalue weighted by molar-refractivity contribution is 5.87. The van der Waals surface area contributed by atoms with E-state index < -0.39 is 0 Å². The molecule has 0 rings (SSSR count). The van der Waals surface area contributed by atoms with Crippen molar-refractivity contribution in [3.8, 4) is 0 Å². The molecule has 0 aliphatic carbocycles. The molecule has 0 amide bonds. The van der Waals surface area contributed by atoms with Gasteiger partial charge in [-0.2, -0.15) is 0 Å². The zero-order valence-corrected chi connectivity index (χ0v) is 9.66. The average molecular weight is 208 g/mol. The number of carbonyl (C=O) groups is 1. The molecule has 13 heavy (non-hydrogen) atoms. The van der Waals surface area contributed by atoms with Crippen molar-refractivity contribution in [1.82, 2.24) is 6.15 Å². The van der Waals surface area contributed by atoms with Gasteiger partial charge in [-0.25, -0.2) is 4.79 Å². The fourth-order valence-corrected chi connectivity index (χ4v) is 0.328. The number of carbonyl (C=O) groups excluding carboxylic acids is 1. The van der Waals surface area contributed by atoms with Crippen LogP contribution in [0.4, 0.5) is 0 Å². The molecule has 0 aromatic rings. The topological polar surface area (TPSA) is 62.8 Å². The van der Waals surface area contributed by atoms with Crippen LogP contribution in [0.2, 0.25) is 0 Å². The van der Waals surface area contributed by atoms with E-state index in [4.69, 9.17) is 4.74 Å². The Balaban J connectivity index is -0.000000500. The minimum atomic E-state index is -0.358. The highest BCUT2D eigenvalue weighted by Crippen LogP contribution is 2.06. The van der Waals surface area contributed by atoms with Crippen LogP contribution in [0.3, 0.4) is 0 Å². The summed E-state index contributed by atoms with van der Waals surface area (Å²) >= 11 is 0. The molecule has 0 spiro atoms. The van der Waals surface area contributed by atoms with E-state index in [0.29, 0.717) is 11.3 Å². The zero-order valence-electron chi connectivity index (χ0n) is 8.90. The summed E-state index contributed by atoms with van der Waals surface area (Å²) in [4.78, 5) is 10.9. The summed E-state index contributed by atoms with van der Waals surface area (Å²) in [5.41, 5.74) is 1.42. The van der Waals surface area contributed by atoms with Gasteiger partial charge in [0.1, 0.15) is 5.76 Å². The van der Waals surface area contributed by atoms with Crippen LogP contribution in [0, 0.1) is 0 Å². The Morgan fingerprint density at radius 1 is 1.15 bits per heavy atom. The molecule has 0 unspecified atom stereocenters. The van der Waals surface area contributed by atoms with Crippen molar-refractivity contribution >= 4 is 5.97 Å². The standard InChI is InChI=1S/C9H14O2.ClH.H3N/c1-6(2)8(5)11-9(10)7(3)4;;/h3H2,1-2,4-5H3;1H;1H3. The molecule has 0 fully saturated rings. The first kappa shape index (κ1) is 18.1. The van der Waals surface area contributed by atoms with Crippen LogP contribution in [-0.2, 0) is 9.53 Å². The molecule has 0 bridgehead atoms. The maximum absolute atomic E-state index is 10.9. The molecular formula is C9H18ClNO2. The van der Waals surface area contributed by atoms with Crippen LogP contribution in [0.1, 0.15) is 27.7 Å². The molecule has 0 aromatic heterocycles. The first-order chi connectivity index (χ1) is 4.95. The summed E-state index contributed by atoms with van der Waals surface area (Å²) in [6.07, 6.45) is 0. The Morgan fingerprint density at radius 2 is 1.54 bits per heavy atom. The normalized spacial score (nSPS) is 7.38. The summed E-state index contributed by atoms with van der Waals surface area (Å²) in [5.74, 6) is 0.293. The van der Waals surface area contributed by atoms with E-state index in [1.165, 1.54) is 0 Å². The second-order valence-corrected chi connectivity index (χ2v) is 2.73. The van der Waals surface area contributed by atoms with Crippen molar-refractivity contribution in [3.05, 3.63) is 23.5 Å². The third-order valence-electron chi connectivity index (χ3n) is 1.30. The minimum Gasteiger partial charge on any atom is -1.00 e. The summed E-state index contributed by atoms with van der Waals surface area (Å²) < 4.78 is 4.91. The highest BCUT2D eigenvalue weighted by atomic mass is 35.5. The number of rotatable bonds is 2. The van der Waals surface area contributed by atoms with Crippen LogP contribution in [0.15, 0.2) is 23.5 Å². The van der Waals surface area contributed by atoms with E-state index in [1.807, 2.05) is 13.8 Å². The summed E-state index contributed by atoms with van der Waals surface area (Å²) in [7, 11) is 0. The SMILES string of the molecule is C=C(C)C(=O)OC(C)=C(C)C.[Cl-].[NH4+]. The van der Waals surface area contributed by atoms with E-state index in [-0.39, 0.29) is 24.5 Å². The van der Waals surface area contributed by atoms with Crippen LogP contribution in [-0.4, -0.2) is 5.97 Å². The van der Waals surface area contributed by atoms with Gasteiger partial charge in [0, 0.05) is 5.57 Å². The molecule has 78 valence electrons. The molecule has 0 heterocycles. The van der Waals surface area contributed by atoms with Crippen LogP contribution in [0.5, 0.6) is 0 Å². The van der Waals surface area contributed by atoms with Gasteiger partial charge < -0.3 is 23.3 Å². The lowest BCUT2D eigenvalue weighted by atomic mass is 10.3.